The Bertz CT molecular complexity index is 3890. The van der Waals surface area contributed by atoms with E-state index in [2.05, 4.69) is 216 Å². The van der Waals surface area contributed by atoms with Crippen LogP contribution in [0.15, 0.2) is 158 Å². The van der Waals surface area contributed by atoms with Crippen molar-refractivity contribution in [3.05, 3.63) is 186 Å². The van der Waals surface area contributed by atoms with Gasteiger partial charge in [0, 0.05) is 81.4 Å². The zero-order valence-electron chi connectivity index (χ0n) is 43.8. The summed E-state index contributed by atoms with van der Waals surface area (Å²) in [5, 5.41) is 6.92. The summed E-state index contributed by atoms with van der Waals surface area (Å²) in [7, 11) is 0. The number of ether oxygens (including phenoxy) is 2. The van der Waals surface area contributed by atoms with Gasteiger partial charge in [0.2, 0.25) is 5.95 Å². The molecule has 0 amide bonds. The molecule has 0 aliphatic rings. The molecule has 0 spiro atoms. The predicted molar refractivity (Wildman–Crippen MR) is 304 cm³/mol. The van der Waals surface area contributed by atoms with Crippen molar-refractivity contribution < 1.29 is 9.47 Å². The first-order valence-corrected chi connectivity index (χ1v) is 26.1. The fourth-order valence-electron chi connectivity index (χ4n) is 10.9. The predicted octanol–water partition coefficient (Wildman–Crippen LogP) is 17.8. The number of benzene rings is 6. The van der Waals surface area contributed by atoms with Crippen LogP contribution in [0.5, 0.6) is 23.0 Å². The maximum absolute atomic E-state index is 7.00. The molecule has 0 saturated heterocycles. The lowest BCUT2D eigenvalue weighted by atomic mass is 9.97. The van der Waals surface area contributed by atoms with Crippen LogP contribution in [0.2, 0.25) is 0 Å². The summed E-state index contributed by atoms with van der Waals surface area (Å²) in [5.74, 6) is 6.71. The fourth-order valence-corrected chi connectivity index (χ4v) is 10.9. The average molecular weight is 972 g/mol. The van der Waals surface area contributed by atoms with E-state index in [1.54, 1.807) is 0 Å². The maximum atomic E-state index is 7.00. The number of para-hydroxylation sites is 2. The monoisotopic (exact) mass is 971 g/mol. The van der Waals surface area contributed by atoms with E-state index in [0.717, 1.165) is 72.6 Å². The molecule has 74 heavy (non-hydrogen) atoms. The lowest BCUT2D eigenvalue weighted by molar-refractivity contribution is 0.483. The second-order valence-corrected chi connectivity index (χ2v) is 21.4. The summed E-state index contributed by atoms with van der Waals surface area (Å²) in [6.45, 7) is 22.2. The summed E-state index contributed by atoms with van der Waals surface area (Å²) in [6, 6.07) is 47.3. The first-order chi connectivity index (χ1) is 35.8. The highest BCUT2D eigenvalue weighted by molar-refractivity contribution is 6.13. The number of rotatable bonds is 12. The molecule has 0 unspecified atom stereocenters. The Morgan fingerprint density at radius 1 is 0.338 bits per heavy atom. The molecule has 9 heteroatoms. The van der Waals surface area contributed by atoms with E-state index in [1.807, 2.05) is 24.8 Å². The molecule has 0 bridgehead atoms. The normalized spacial score (nSPS) is 12.3. The van der Waals surface area contributed by atoms with Gasteiger partial charge in [0.05, 0.1) is 33.1 Å². The van der Waals surface area contributed by atoms with Crippen LogP contribution < -0.4 is 9.47 Å². The first kappa shape index (κ1) is 46.8. The van der Waals surface area contributed by atoms with Crippen LogP contribution in [-0.2, 0) is 0 Å². The number of hydrogen-bond donors (Lipinski definition) is 0. The molecular formula is C65H61N7O2. The minimum atomic E-state index is 0.227. The molecule has 6 aromatic carbocycles. The summed E-state index contributed by atoms with van der Waals surface area (Å²) in [4.78, 5) is 19.9. The first-order valence-electron chi connectivity index (χ1n) is 26.1. The van der Waals surface area contributed by atoms with Gasteiger partial charge in [-0.25, -0.2) is 19.9 Å². The van der Waals surface area contributed by atoms with Gasteiger partial charge in [0.15, 0.2) is 0 Å². The molecule has 12 rings (SSSR count). The van der Waals surface area contributed by atoms with Crippen LogP contribution in [0.1, 0.15) is 127 Å². The van der Waals surface area contributed by atoms with Crippen LogP contribution in [0.4, 0.5) is 0 Å². The van der Waals surface area contributed by atoms with Crippen molar-refractivity contribution in [2.75, 3.05) is 0 Å². The topological polar surface area (TPSA) is 84.8 Å². The standard InChI is InChI=1S/C65H61N7O2/c1-37(2)42-23-25-66-61(27-42)70-55-17-13-11-15-51(55)63-53(40(7)8)29-47(33-59(63)70)73-45-19-21-49-50-22-20-46(32-58(50)72(57(49)31-45)65-68-35-44(36-69-65)39(5)6)74-48-30-54(41(9)10)64-52-16-12-14-18-56(52)71(60(64)34-48)62-28-43(38(3)4)24-26-67-62/h11-41H,1-10H3. The van der Waals surface area contributed by atoms with Crippen LogP contribution in [0.3, 0.4) is 0 Å². The Labute approximate surface area is 432 Å². The Morgan fingerprint density at radius 3 is 1.18 bits per heavy atom. The molecule has 0 fully saturated rings. The van der Waals surface area contributed by atoms with Gasteiger partial charge in [-0.15, -0.1) is 0 Å². The molecule has 12 aromatic rings. The van der Waals surface area contributed by atoms with Gasteiger partial charge in [-0.1, -0.05) is 106 Å². The van der Waals surface area contributed by atoms with Crippen LogP contribution in [0, 0.1) is 0 Å². The van der Waals surface area contributed by atoms with Crippen molar-refractivity contribution in [3.8, 4) is 40.6 Å². The van der Waals surface area contributed by atoms with Crippen molar-refractivity contribution >= 4 is 65.4 Å². The van der Waals surface area contributed by atoms with Crippen molar-refractivity contribution in [2.45, 2.75) is 98.8 Å². The van der Waals surface area contributed by atoms with Crippen molar-refractivity contribution in [1.29, 1.82) is 0 Å². The van der Waals surface area contributed by atoms with Crippen molar-refractivity contribution in [2.24, 2.45) is 0 Å². The van der Waals surface area contributed by atoms with Gasteiger partial charge in [-0.3, -0.25) is 13.7 Å². The van der Waals surface area contributed by atoms with Gasteiger partial charge in [-0.2, -0.15) is 0 Å². The van der Waals surface area contributed by atoms with Gasteiger partial charge in [0.25, 0.3) is 0 Å². The minimum absolute atomic E-state index is 0.227. The van der Waals surface area contributed by atoms with E-state index < -0.39 is 0 Å². The highest BCUT2D eigenvalue weighted by atomic mass is 16.5. The smallest absolute Gasteiger partial charge is 0.234 e. The van der Waals surface area contributed by atoms with E-state index in [0.29, 0.717) is 29.3 Å². The van der Waals surface area contributed by atoms with E-state index in [-0.39, 0.29) is 17.8 Å². The Kier molecular flexibility index (Phi) is 11.6. The summed E-state index contributed by atoms with van der Waals surface area (Å²) >= 11 is 0. The number of fused-ring (bicyclic) bond motifs is 9. The molecule has 368 valence electrons. The highest BCUT2D eigenvalue weighted by Crippen LogP contribution is 2.44. The molecule has 9 nitrogen and oxygen atoms in total. The third-order valence-electron chi connectivity index (χ3n) is 14.8. The van der Waals surface area contributed by atoms with E-state index >= 15 is 0 Å². The molecule has 6 aromatic heterocycles. The zero-order valence-corrected chi connectivity index (χ0v) is 43.8. The number of hydrogen-bond acceptors (Lipinski definition) is 6. The third-order valence-corrected chi connectivity index (χ3v) is 14.8. The molecule has 0 aliphatic carbocycles. The van der Waals surface area contributed by atoms with Gasteiger partial charge < -0.3 is 9.47 Å². The lowest BCUT2D eigenvalue weighted by Crippen LogP contribution is -2.02. The molecule has 0 radical (unpaired) electrons. The van der Waals surface area contributed by atoms with Crippen molar-refractivity contribution in [1.82, 2.24) is 33.6 Å². The second-order valence-electron chi connectivity index (χ2n) is 21.4. The molecule has 0 aliphatic heterocycles. The van der Waals surface area contributed by atoms with Crippen LogP contribution in [0.25, 0.3) is 83.0 Å². The van der Waals surface area contributed by atoms with E-state index in [4.69, 9.17) is 29.4 Å². The molecule has 0 N–H and O–H groups in total. The van der Waals surface area contributed by atoms with Crippen LogP contribution in [-0.4, -0.2) is 33.6 Å². The quantitative estimate of drug-likeness (QED) is 0.121. The Balaban J connectivity index is 0.999. The summed E-state index contributed by atoms with van der Waals surface area (Å²) < 4.78 is 20.7. The van der Waals surface area contributed by atoms with Gasteiger partial charge >= 0.3 is 0 Å². The van der Waals surface area contributed by atoms with E-state index in [9.17, 15) is 0 Å². The molecular weight excluding hydrogens is 911 g/mol. The largest absolute Gasteiger partial charge is 0.457 e. The van der Waals surface area contributed by atoms with E-state index in [1.165, 1.54) is 43.8 Å². The SMILES string of the molecule is CC(C)c1cnc(-n2c3cc(Oc4cc(C(C)C)c5c6ccccc6n(-c6cc(C(C)C)ccn6)c5c4)ccc3c3ccc(Oc4cc(C(C)C)c5c6ccccc6n(-c6cc(C(C)C)ccn6)c5c4)cc32)nc1. The molecule has 0 saturated carbocycles. The third kappa shape index (κ3) is 7.93. The fraction of sp³-hybridized carbons (Fsp3) is 0.231. The molecule has 0 atom stereocenters. The number of pyridine rings is 2. The minimum Gasteiger partial charge on any atom is -0.457 e. The summed E-state index contributed by atoms with van der Waals surface area (Å²) in [6.07, 6.45) is 7.72. The number of aromatic nitrogens is 7. The zero-order chi connectivity index (χ0) is 51.1. The number of nitrogens with zero attached hydrogens (tertiary/aromatic N) is 7. The second kappa shape index (κ2) is 18.3. The Morgan fingerprint density at radius 2 is 0.757 bits per heavy atom. The summed E-state index contributed by atoms with van der Waals surface area (Å²) in [5.41, 5.74) is 12.2. The average Bonchev–Trinajstić information content (AvgIpc) is 4.03. The van der Waals surface area contributed by atoms with Gasteiger partial charge in [0.1, 0.15) is 34.6 Å². The maximum Gasteiger partial charge on any atom is 0.234 e. The van der Waals surface area contributed by atoms with Crippen LogP contribution >= 0.6 is 0 Å². The highest BCUT2D eigenvalue weighted by Gasteiger charge is 2.24. The van der Waals surface area contributed by atoms with Gasteiger partial charge in [-0.05, 0) is 130 Å². The van der Waals surface area contributed by atoms with Crippen molar-refractivity contribution in [3.63, 3.8) is 0 Å². The molecule has 6 heterocycles. The lowest BCUT2D eigenvalue weighted by Gasteiger charge is -2.15. The Hall–Kier alpha value is -8.30.